The lowest BCUT2D eigenvalue weighted by atomic mass is 10.0. The van der Waals surface area contributed by atoms with Crippen LogP contribution in [0.2, 0.25) is 0 Å². The quantitative estimate of drug-likeness (QED) is 0.661. The van der Waals surface area contributed by atoms with Gasteiger partial charge in [0, 0.05) is 63.8 Å². The highest BCUT2D eigenvalue weighted by Crippen LogP contribution is 2.35. The van der Waals surface area contributed by atoms with E-state index >= 15 is 0 Å². The Kier molecular flexibility index (Phi) is 6.63. The van der Waals surface area contributed by atoms with Gasteiger partial charge in [-0.15, -0.1) is 12.3 Å². The van der Waals surface area contributed by atoms with Crippen LogP contribution in [0.5, 0.6) is 0 Å². The monoisotopic (exact) mass is 341 g/mol. The van der Waals surface area contributed by atoms with Crippen LogP contribution in [0.1, 0.15) is 42.5 Å². The minimum atomic E-state index is -0.364. The van der Waals surface area contributed by atoms with Gasteiger partial charge in [-0.2, -0.15) is 10.2 Å². The maximum atomic E-state index is 12.2. The fourth-order valence-electron chi connectivity index (χ4n) is 2.45. The third-order valence-corrected chi connectivity index (χ3v) is 4.07. The van der Waals surface area contributed by atoms with E-state index in [2.05, 4.69) is 26.4 Å². The van der Waals surface area contributed by atoms with Crippen LogP contribution in [-0.4, -0.2) is 47.5 Å². The summed E-state index contributed by atoms with van der Waals surface area (Å²) in [6.07, 6.45) is 11.5. The maximum absolute atomic E-state index is 12.2. The Labute approximate surface area is 147 Å². The van der Waals surface area contributed by atoms with Crippen LogP contribution >= 0.6 is 0 Å². The van der Waals surface area contributed by atoms with Crippen LogP contribution in [0.15, 0.2) is 34.8 Å². The van der Waals surface area contributed by atoms with E-state index in [1.807, 2.05) is 0 Å². The number of hydrogen-bond acceptors (Lipinski definition) is 5. The van der Waals surface area contributed by atoms with Gasteiger partial charge in [0.05, 0.1) is 0 Å². The van der Waals surface area contributed by atoms with Crippen LogP contribution in [0.4, 0.5) is 0 Å². The van der Waals surface area contributed by atoms with E-state index in [0.717, 1.165) is 6.42 Å². The van der Waals surface area contributed by atoms with Gasteiger partial charge in [0.25, 0.3) is 5.91 Å². The molecule has 2 rings (SSSR count). The summed E-state index contributed by atoms with van der Waals surface area (Å²) >= 11 is 0. The van der Waals surface area contributed by atoms with Crippen molar-refractivity contribution in [3.63, 3.8) is 0 Å². The number of carbonyl (C=O) groups excluding carboxylic acids is 2. The molecule has 0 radical (unpaired) electrons. The van der Waals surface area contributed by atoms with E-state index in [9.17, 15) is 9.59 Å². The second-order valence-corrected chi connectivity index (χ2v) is 6.05. The average molecular weight is 341 g/mol. The van der Waals surface area contributed by atoms with Gasteiger partial charge in [0.2, 0.25) is 5.91 Å². The molecule has 1 aliphatic heterocycles. The smallest absolute Gasteiger partial charge is 0.253 e. The second-order valence-electron chi connectivity index (χ2n) is 6.05. The molecule has 0 fully saturated rings. The van der Waals surface area contributed by atoms with Crippen molar-refractivity contribution < 1.29 is 9.59 Å². The van der Waals surface area contributed by atoms with Crippen molar-refractivity contribution in [3.8, 4) is 12.3 Å². The summed E-state index contributed by atoms with van der Waals surface area (Å²) in [6, 6.07) is 3.35. The Hall–Kier alpha value is -2.75. The zero-order chi connectivity index (χ0) is 18.1. The third-order valence-electron chi connectivity index (χ3n) is 4.07. The number of hydrogen-bond donors (Lipinski definition) is 1. The lowest BCUT2D eigenvalue weighted by Gasteiger charge is -2.17. The van der Waals surface area contributed by atoms with Crippen molar-refractivity contribution in [3.05, 3.63) is 30.1 Å². The summed E-state index contributed by atoms with van der Waals surface area (Å²) in [5.41, 5.74) is 0.229. The summed E-state index contributed by atoms with van der Waals surface area (Å²) < 4.78 is 0. The predicted molar refractivity (Wildman–Crippen MR) is 93.7 cm³/mol. The van der Waals surface area contributed by atoms with Gasteiger partial charge in [-0.1, -0.05) is 0 Å². The van der Waals surface area contributed by atoms with Gasteiger partial charge in [-0.3, -0.25) is 14.6 Å². The summed E-state index contributed by atoms with van der Waals surface area (Å²) in [4.78, 5) is 29.5. The van der Waals surface area contributed by atoms with Crippen molar-refractivity contribution in [2.45, 2.75) is 37.8 Å². The highest BCUT2D eigenvalue weighted by atomic mass is 16.2. The first kappa shape index (κ1) is 18.6. The van der Waals surface area contributed by atoms with Crippen molar-refractivity contribution in [1.29, 1.82) is 0 Å². The van der Waals surface area contributed by atoms with Gasteiger partial charge in [0.1, 0.15) is 0 Å². The molecular weight excluding hydrogens is 318 g/mol. The first-order valence-corrected chi connectivity index (χ1v) is 8.36. The summed E-state index contributed by atoms with van der Waals surface area (Å²) in [6.45, 7) is 1.05. The first-order valence-electron chi connectivity index (χ1n) is 8.36. The maximum Gasteiger partial charge on any atom is 0.253 e. The number of aromatic nitrogens is 1. The molecule has 1 aromatic heterocycles. The molecule has 0 spiro atoms. The number of terminal acetylenes is 1. The fourth-order valence-corrected chi connectivity index (χ4v) is 2.45. The molecule has 0 saturated carbocycles. The summed E-state index contributed by atoms with van der Waals surface area (Å²) in [5, 5.41) is 10.9. The summed E-state index contributed by atoms with van der Waals surface area (Å²) in [5.74, 6) is 2.48. The van der Waals surface area contributed by atoms with Gasteiger partial charge in [-0.05, 0) is 18.6 Å². The molecule has 1 aromatic rings. The Morgan fingerprint density at radius 2 is 2.00 bits per heavy atom. The molecule has 132 valence electrons. The van der Waals surface area contributed by atoms with E-state index in [1.165, 1.54) is 0 Å². The first-order chi connectivity index (χ1) is 12.1. The molecule has 0 saturated heterocycles. The van der Waals surface area contributed by atoms with Crippen molar-refractivity contribution in [2.75, 3.05) is 20.1 Å². The molecule has 2 heterocycles. The minimum absolute atomic E-state index is 0.0301. The van der Waals surface area contributed by atoms with E-state index < -0.39 is 0 Å². The fraction of sp³-hybridized carbons (Fsp3) is 0.500. The average Bonchev–Trinajstić information content (AvgIpc) is 3.40. The van der Waals surface area contributed by atoms with Gasteiger partial charge in [-0.25, -0.2) is 0 Å². The van der Waals surface area contributed by atoms with Crippen molar-refractivity contribution in [2.24, 2.45) is 10.2 Å². The van der Waals surface area contributed by atoms with Crippen LogP contribution in [0.25, 0.3) is 0 Å². The standard InChI is InChI=1S/C18H23N5O2/c1-3-4-9-18(21-22-18)10-13-20-16(24)6-5-14-23(2)17(25)15-7-11-19-12-8-15/h1,7-8,11-12H,4-6,9-10,13-14H2,2H3,(H,20,24). The van der Waals surface area contributed by atoms with E-state index in [-0.39, 0.29) is 17.5 Å². The Bertz CT molecular complexity index is 660. The van der Waals surface area contributed by atoms with Gasteiger partial charge < -0.3 is 10.2 Å². The number of rotatable bonds is 10. The zero-order valence-electron chi connectivity index (χ0n) is 14.4. The Morgan fingerprint density at radius 3 is 2.64 bits per heavy atom. The number of pyridine rings is 1. The van der Waals surface area contributed by atoms with Crippen LogP contribution in [0, 0.1) is 12.3 Å². The SMILES string of the molecule is C#CCCC1(CCNC(=O)CCCN(C)C(=O)c2ccncc2)N=N1. The largest absolute Gasteiger partial charge is 0.356 e. The van der Waals surface area contributed by atoms with Crippen LogP contribution in [0.3, 0.4) is 0 Å². The number of nitrogens with zero attached hydrogens (tertiary/aromatic N) is 4. The number of amides is 2. The molecule has 7 nitrogen and oxygen atoms in total. The summed E-state index contributed by atoms with van der Waals surface area (Å²) in [7, 11) is 1.73. The van der Waals surface area contributed by atoms with E-state index in [4.69, 9.17) is 6.42 Å². The molecule has 0 bridgehead atoms. The Balaban J connectivity index is 1.59. The Morgan fingerprint density at radius 1 is 1.28 bits per heavy atom. The highest BCUT2D eigenvalue weighted by molar-refractivity contribution is 5.93. The van der Waals surface area contributed by atoms with Crippen LogP contribution in [-0.2, 0) is 4.79 Å². The predicted octanol–water partition coefficient (Wildman–Crippen LogP) is 2.02. The lowest BCUT2D eigenvalue weighted by molar-refractivity contribution is -0.121. The molecule has 0 aromatic carbocycles. The molecule has 1 N–H and O–H groups in total. The molecule has 1 aliphatic rings. The molecule has 2 amide bonds. The zero-order valence-corrected chi connectivity index (χ0v) is 14.4. The highest BCUT2D eigenvalue weighted by Gasteiger charge is 2.38. The van der Waals surface area contributed by atoms with E-state index in [0.29, 0.717) is 44.3 Å². The molecule has 0 atom stereocenters. The molecule has 0 aliphatic carbocycles. The molecular formula is C18H23N5O2. The topological polar surface area (TPSA) is 87.0 Å². The normalized spacial score (nSPS) is 13.8. The molecule has 25 heavy (non-hydrogen) atoms. The van der Waals surface area contributed by atoms with Crippen molar-refractivity contribution >= 4 is 11.8 Å². The minimum Gasteiger partial charge on any atom is -0.356 e. The van der Waals surface area contributed by atoms with E-state index in [1.54, 1.807) is 36.5 Å². The lowest BCUT2D eigenvalue weighted by Crippen LogP contribution is -2.31. The van der Waals surface area contributed by atoms with Gasteiger partial charge in [0.15, 0.2) is 5.66 Å². The third kappa shape index (κ3) is 5.99. The number of nitrogens with one attached hydrogen (secondary N) is 1. The molecule has 7 heteroatoms. The van der Waals surface area contributed by atoms with Gasteiger partial charge >= 0.3 is 0 Å². The molecule has 0 unspecified atom stereocenters. The number of carbonyl (C=O) groups is 2. The van der Waals surface area contributed by atoms with Crippen LogP contribution < -0.4 is 5.32 Å². The second kappa shape index (κ2) is 8.92. The van der Waals surface area contributed by atoms with Crippen molar-refractivity contribution in [1.82, 2.24) is 15.2 Å².